The molecule has 2 heterocycles. The quantitative estimate of drug-likeness (QED) is 0.695. The van der Waals surface area contributed by atoms with E-state index in [9.17, 15) is 9.18 Å². The van der Waals surface area contributed by atoms with E-state index in [4.69, 9.17) is 11.6 Å². The number of pyridine rings is 1. The average molecular weight is 302 g/mol. The van der Waals surface area contributed by atoms with Crippen molar-refractivity contribution in [3.8, 4) is 17.1 Å². The standard InChI is InChI=1S/C15H9ClFN3O/c16-12-5-4-11(7-13(12)17)20-8-10(9-21)15(19-20)14-3-1-2-6-18-14/h1-9H. The summed E-state index contributed by atoms with van der Waals surface area (Å²) in [7, 11) is 0. The minimum atomic E-state index is -0.545. The lowest BCUT2D eigenvalue weighted by Crippen LogP contribution is -1.96. The highest BCUT2D eigenvalue weighted by molar-refractivity contribution is 6.30. The van der Waals surface area contributed by atoms with Crippen LogP contribution in [-0.2, 0) is 0 Å². The molecule has 0 radical (unpaired) electrons. The van der Waals surface area contributed by atoms with Crippen molar-refractivity contribution in [1.82, 2.24) is 14.8 Å². The van der Waals surface area contributed by atoms with Crippen LogP contribution in [-0.4, -0.2) is 21.1 Å². The molecule has 0 aliphatic rings. The zero-order valence-corrected chi connectivity index (χ0v) is 11.5. The van der Waals surface area contributed by atoms with E-state index in [0.29, 0.717) is 28.9 Å². The number of rotatable bonds is 3. The Morgan fingerprint density at radius 1 is 1.24 bits per heavy atom. The van der Waals surface area contributed by atoms with Crippen molar-refractivity contribution >= 4 is 17.9 Å². The van der Waals surface area contributed by atoms with Crippen LogP contribution < -0.4 is 0 Å². The minimum absolute atomic E-state index is 0.0338. The highest BCUT2D eigenvalue weighted by Crippen LogP contribution is 2.22. The molecule has 4 nitrogen and oxygen atoms in total. The van der Waals surface area contributed by atoms with Crippen molar-refractivity contribution in [2.45, 2.75) is 0 Å². The van der Waals surface area contributed by atoms with Gasteiger partial charge in [0.15, 0.2) is 6.29 Å². The number of hydrogen-bond acceptors (Lipinski definition) is 3. The zero-order chi connectivity index (χ0) is 14.8. The van der Waals surface area contributed by atoms with Crippen molar-refractivity contribution in [3.63, 3.8) is 0 Å². The van der Waals surface area contributed by atoms with Crippen LogP contribution in [0.15, 0.2) is 48.8 Å². The van der Waals surface area contributed by atoms with Crippen molar-refractivity contribution in [3.05, 3.63) is 65.2 Å². The van der Waals surface area contributed by atoms with E-state index in [-0.39, 0.29) is 5.02 Å². The van der Waals surface area contributed by atoms with Gasteiger partial charge in [0.1, 0.15) is 11.5 Å². The Kier molecular flexibility index (Phi) is 3.50. The molecular formula is C15H9ClFN3O. The van der Waals surface area contributed by atoms with Gasteiger partial charge in [0.25, 0.3) is 0 Å². The molecule has 0 bridgehead atoms. The molecule has 0 amide bonds. The van der Waals surface area contributed by atoms with Crippen LogP contribution in [0.1, 0.15) is 10.4 Å². The van der Waals surface area contributed by atoms with Crippen molar-refractivity contribution in [1.29, 1.82) is 0 Å². The van der Waals surface area contributed by atoms with Crippen LogP contribution in [0.4, 0.5) is 4.39 Å². The largest absolute Gasteiger partial charge is 0.298 e. The third kappa shape index (κ3) is 2.55. The predicted molar refractivity (Wildman–Crippen MR) is 77.2 cm³/mol. The van der Waals surface area contributed by atoms with Crippen LogP contribution in [0.3, 0.4) is 0 Å². The minimum Gasteiger partial charge on any atom is -0.298 e. The summed E-state index contributed by atoms with van der Waals surface area (Å²) in [6.07, 6.45) is 3.84. The van der Waals surface area contributed by atoms with Gasteiger partial charge in [0, 0.05) is 18.5 Å². The lowest BCUT2D eigenvalue weighted by atomic mass is 10.2. The first-order chi connectivity index (χ1) is 10.2. The molecule has 0 aliphatic heterocycles. The molecule has 104 valence electrons. The summed E-state index contributed by atoms with van der Waals surface area (Å²) in [5.74, 6) is -0.545. The number of benzene rings is 1. The fourth-order valence-corrected chi connectivity index (χ4v) is 2.05. The zero-order valence-electron chi connectivity index (χ0n) is 10.7. The highest BCUT2D eigenvalue weighted by Gasteiger charge is 2.13. The first kappa shape index (κ1) is 13.5. The number of carbonyl (C=O) groups excluding carboxylic acids is 1. The van der Waals surface area contributed by atoms with Gasteiger partial charge in [-0.1, -0.05) is 17.7 Å². The third-order valence-electron chi connectivity index (χ3n) is 2.94. The smallest absolute Gasteiger partial charge is 0.153 e. The molecule has 0 unspecified atom stereocenters. The van der Waals surface area contributed by atoms with Gasteiger partial charge in [0.2, 0.25) is 0 Å². The number of carbonyl (C=O) groups is 1. The molecule has 0 saturated heterocycles. The molecule has 3 aromatic rings. The second-order valence-electron chi connectivity index (χ2n) is 4.31. The van der Waals surface area contributed by atoms with E-state index in [1.54, 1.807) is 30.5 Å². The molecule has 0 saturated carbocycles. The SMILES string of the molecule is O=Cc1cn(-c2ccc(Cl)c(F)c2)nc1-c1ccccn1. The number of halogens is 2. The van der Waals surface area contributed by atoms with Crippen LogP contribution in [0.5, 0.6) is 0 Å². The first-order valence-electron chi connectivity index (χ1n) is 6.10. The van der Waals surface area contributed by atoms with Gasteiger partial charge in [-0.15, -0.1) is 0 Å². The lowest BCUT2D eigenvalue weighted by Gasteiger charge is -2.02. The molecule has 6 heteroatoms. The highest BCUT2D eigenvalue weighted by atomic mass is 35.5. The van der Waals surface area contributed by atoms with Crippen LogP contribution in [0, 0.1) is 5.82 Å². The number of aldehydes is 1. The molecular weight excluding hydrogens is 293 g/mol. The van der Waals surface area contributed by atoms with Crippen molar-refractivity contribution in [2.24, 2.45) is 0 Å². The maximum Gasteiger partial charge on any atom is 0.153 e. The monoisotopic (exact) mass is 301 g/mol. The first-order valence-corrected chi connectivity index (χ1v) is 6.48. The molecule has 0 spiro atoms. The number of hydrogen-bond donors (Lipinski definition) is 0. The van der Waals surface area contributed by atoms with E-state index in [1.165, 1.54) is 23.0 Å². The Balaban J connectivity index is 2.11. The second-order valence-corrected chi connectivity index (χ2v) is 4.72. The molecule has 0 fully saturated rings. The topological polar surface area (TPSA) is 47.8 Å². The van der Waals surface area contributed by atoms with E-state index >= 15 is 0 Å². The van der Waals surface area contributed by atoms with Gasteiger partial charge in [-0.3, -0.25) is 9.78 Å². The molecule has 0 aliphatic carbocycles. The van der Waals surface area contributed by atoms with Gasteiger partial charge in [-0.05, 0) is 24.3 Å². The summed E-state index contributed by atoms with van der Waals surface area (Å²) >= 11 is 5.66. The summed E-state index contributed by atoms with van der Waals surface area (Å²) < 4.78 is 14.9. The lowest BCUT2D eigenvalue weighted by molar-refractivity contribution is 0.112. The summed E-state index contributed by atoms with van der Waals surface area (Å²) in [5.41, 5.74) is 1.87. The third-order valence-corrected chi connectivity index (χ3v) is 3.25. The summed E-state index contributed by atoms with van der Waals surface area (Å²) in [6.45, 7) is 0. The van der Waals surface area contributed by atoms with Gasteiger partial charge >= 0.3 is 0 Å². The van der Waals surface area contributed by atoms with E-state index < -0.39 is 5.82 Å². The molecule has 0 N–H and O–H groups in total. The Hall–Kier alpha value is -2.53. The maximum atomic E-state index is 13.5. The second kappa shape index (κ2) is 5.46. The summed E-state index contributed by atoms with van der Waals surface area (Å²) in [4.78, 5) is 15.4. The van der Waals surface area contributed by atoms with Gasteiger partial charge < -0.3 is 0 Å². The van der Waals surface area contributed by atoms with Crippen LogP contribution in [0.25, 0.3) is 17.1 Å². The maximum absolute atomic E-state index is 13.5. The predicted octanol–water partition coefficient (Wildman–Crippen LogP) is 3.54. The molecule has 1 aromatic carbocycles. The summed E-state index contributed by atoms with van der Waals surface area (Å²) in [6, 6.07) is 9.64. The molecule has 0 atom stereocenters. The fourth-order valence-electron chi connectivity index (χ4n) is 1.94. The Morgan fingerprint density at radius 3 is 2.76 bits per heavy atom. The normalized spacial score (nSPS) is 10.6. The van der Waals surface area contributed by atoms with Crippen molar-refractivity contribution < 1.29 is 9.18 Å². The van der Waals surface area contributed by atoms with Gasteiger partial charge in [-0.2, -0.15) is 5.10 Å². The van der Waals surface area contributed by atoms with Gasteiger partial charge in [0.05, 0.1) is 22.0 Å². The number of nitrogens with zero attached hydrogens (tertiary/aromatic N) is 3. The van der Waals surface area contributed by atoms with Crippen molar-refractivity contribution in [2.75, 3.05) is 0 Å². The fraction of sp³-hybridized carbons (Fsp3) is 0. The van der Waals surface area contributed by atoms with Gasteiger partial charge in [-0.25, -0.2) is 9.07 Å². The van der Waals surface area contributed by atoms with Crippen LogP contribution >= 0.6 is 11.6 Å². The Bertz CT molecular complexity index is 802. The number of aromatic nitrogens is 3. The van der Waals surface area contributed by atoms with Crippen LogP contribution in [0.2, 0.25) is 5.02 Å². The molecule has 21 heavy (non-hydrogen) atoms. The Labute approximate surface area is 124 Å². The molecule has 3 rings (SSSR count). The molecule has 2 aromatic heterocycles. The summed E-state index contributed by atoms with van der Waals surface area (Å²) in [5, 5.41) is 4.34. The van der Waals surface area contributed by atoms with E-state index in [0.717, 1.165) is 0 Å². The Morgan fingerprint density at radius 2 is 2.10 bits per heavy atom. The average Bonchev–Trinajstić information content (AvgIpc) is 2.95. The van der Waals surface area contributed by atoms with E-state index in [1.807, 2.05) is 0 Å². The van der Waals surface area contributed by atoms with E-state index in [2.05, 4.69) is 10.1 Å².